The van der Waals surface area contributed by atoms with Gasteiger partial charge in [0.2, 0.25) is 0 Å². The maximum absolute atomic E-state index is 10.8. The van der Waals surface area contributed by atoms with E-state index in [0.29, 0.717) is 5.69 Å². The van der Waals surface area contributed by atoms with Crippen molar-refractivity contribution in [1.82, 2.24) is 0 Å². The van der Waals surface area contributed by atoms with E-state index in [1.165, 1.54) is 6.92 Å². The predicted molar refractivity (Wildman–Crippen MR) is 59.6 cm³/mol. The second-order valence-electron chi connectivity index (χ2n) is 3.83. The summed E-state index contributed by atoms with van der Waals surface area (Å²) < 4.78 is 0. The topological polar surface area (TPSA) is 99.1 Å². The van der Waals surface area contributed by atoms with E-state index in [1.807, 2.05) is 0 Å². The fraction of sp³-hybridized carbons (Fsp3) is 0.273. The van der Waals surface area contributed by atoms with Crippen LogP contribution >= 0.6 is 0 Å². The van der Waals surface area contributed by atoms with Crippen LogP contribution in [0.1, 0.15) is 12.5 Å². The normalized spacial score (nSPS) is 13.6. The maximum atomic E-state index is 10.8. The van der Waals surface area contributed by atoms with Crippen molar-refractivity contribution in [2.45, 2.75) is 18.9 Å². The number of nitrogens with zero attached hydrogens (tertiary/aromatic N) is 1. The Kier molecular flexibility index (Phi) is 3.48. The molecular formula is C11H13N3O2. The smallest absolute Gasteiger partial charge is 0.323 e. The summed E-state index contributed by atoms with van der Waals surface area (Å²) in [6, 6.07) is 6.90. The fourth-order valence-corrected chi connectivity index (χ4v) is 1.27. The third-order valence-electron chi connectivity index (χ3n) is 2.21. The zero-order chi connectivity index (χ0) is 12.2. The molecule has 16 heavy (non-hydrogen) atoms. The van der Waals surface area contributed by atoms with E-state index >= 15 is 0 Å². The van der Waals surface area contributed by atoms with Crippen LogP contribution in [0.25, 0.3) is 0 Å². The molecule has 1 aromatic rings. The van der Waals surface area contributed by atoms with Crippen LogP contribution in [0, 0.1) is 11.5 Å². The van der Waals surface area contributed by atoms with Gasteiger partial charge < -0.3 is 10.8 Å². The Labute approximate surface area is 93.5 Å². The first-order chi connectivity index (χ1) is 7.45. The number of nitrogens with one attached hydrogen (secondary N) is 1. The van der Waals surface area contributed by atoms with Crippen molar-refractivity contribution in [3.8, 4) is 6.19 Å². The molecule has 0 aliphatic rings. The molecule has 4 N–H and O–H groups in total. The first-order valence-corrected chi connectivity index (χ1v) is 4.72. The molecule has 5 nitrogen and oxygen atoms in total. The molecule has 1 aromatic carbocycles. The Morgan fingerprint density at radius 1 is 1.56 bits per heavy atom. The van der Waals surface area contributed by atoms with Gasteiger partial charge in [-0.3, -0.25) is 10.1 Å². The SMILES string of the molecule is CC(N)(Cc1ccc(NC#N)cc1)C(=O)O. The molecule has 0 radical (unpaired) electrons. The van der Waals surface area contributed by atoms with Crippen LogP contribution < -0.4 is 11.1 Å². The number of carbonyl (C=O) groups is 1. The van der Waals surface area contributed by atoms with Gasteiger partial charge in [-0.2, -0.15) is 5.26 Å². The second kappa shape index (κ2) is 4.64. The lowest BCUT2D eigenvalue weighted by molar-refractivity contribution is -0.142. The Morgan fingerprint density at radius 2 is 2.12 bits per heavy atom. The van der Waals surface area contributed by atoms with Crippen molar-refractivity contribution in [1.29, 1.82) is 5.26 Å². The van der Waals surface area contributed by atoms with Gasteiger partial charge in [-0.15, -0.1) is 0 Å². The van der Waals surface area contributed by atoms with Gasteiger partial charge in [-0.05, 0) is 24.6 Å². The summed E-state index contributed by atoms with van der Waals surface area (Å²) in [7, 11) is 0. The van der Waals surface area contributed by atoms with Crippen LogP contribution in [0.15, 0.2) is 24.3 Å². The van der Waals surface area contributed by atoms with Crippen molar-refractivity contribution < 1.29 is 9.90 Å². The molecule has 0 aromatic heterocycles. The van der Waals surface area contributed by atoms with E-state index in [-0.39, 0.29) is 6.42 Å². The molecule has 0 fully saturated rings. The zero-order valence-electron chi connectivity index (χ0n) is 8.90. The van der Waals surface area contributed by atoms with Crippen LogP contribution in [-0.4, -0.2) is 16.6 Å². The van der Waals surface area contributed by atoms with Crippen LogP contribution in [0.4, 0.5) is 5.69 Å². The fourth-order valence-electron chi connectivity index (χ4n) is 1.27. The summed E-state index contributed by atoms with van der Waals surface area (Å²) in [4.78, 5) is 10.8. The number of nitrogens with two attached hydrogens (primary N) is 1. The molecule has 0 amide bonds. The minimum absolute atomic E-state index is 0.245. The Morgan fingerprint density at radius 3 is 2.56 bits per heavy atom. The average Bonchev–Trinajstić information content (AvgIpc) is 2.21. The van der Waals surface area contributed by atoms with Crippen molar-refractivity contribution in [3.63, 3.8) is 0 Å². The number of hydrogen-bond acceptors (Lipinski definition) is 4. The van der Waals surface area contributed by atoms with Crippen molar-refractivity contribution in [3.05, 3.63) is 29.8 Å². The summed E-state index contributed by atoms with van der Waals surface area (Å²) in [5, 5.41) is 19.7. The molecule has 0 saturated heterocycles. The summed E-state index contributed by atoms with van der Waals surface area (Å²) in [5.41, 5.74) is 5.83. The molecule has 1 unspecified atom stereocenters. The third kappa shape index (κ3) is 2.97. The van der Waals surface area contributed by atoms with Crippen molar-refractivity contribution >= 4 is 11.7 Å². The summed E-state index contributed by atoms with van der Waals surface area (Å²) in [6.07, 6.45) is 2.05. The first kappa shape index (κ1) is 12.0. The Balaban J connectivity index is 2.77. The zero-order valence-corrected chi connectivity index (χ0v) is 8.90. The molecule has 0 spiro atoms. The molecule has 1 rings (SSSR count). The lowest BCUT2D eigenvalue weighted by atomic mass is 9.94. The molecule has 5 heteroatoms. The predicted octanol–water partition coefficient (Wildman–Crippen LogP) is 0.924. The van der Waals surface area contributed by atoms with Gasteiger partial charge in [0.05, 0.1) is 0 Å². The molecular weight excluding hydrogens is 206 g/mol. The molecule has 84 valence electrons. The standard InChI is InChI=1S/C11H13N3O2/c1-11(13,10(15)16)6-8-2-4-9(5-3-8)14-7-12/h2-5,14H,6,13H2,1H3,(H,15,16). The minimum Gasteiger partial charge on any atom is -0.480 e. The molecule has 0 bridgehead atoms. The first-order valence-electron chi connectivity index (χ1n) is 4.72. The number of aliphatic carboxylic acids is 1. The number of hydrogen-bond donors (Lipinski definition) is 3. The number of carboxylic acid groups (broad SMARTS) is 1. The van der Waals surface area contributed by atoms with Crippen LogP contribution in [0.2, 0.25) is 0 Å². The van der Waals surface area contributed by atoms with Gasteiger partial charge in [0.1, 0.15) is 5.54 Å². The highest BCUT2D eigenvalue weighted by atomic mass is 16.4. The van der Waals surface area contributed by atoms with Crippen LogP contribution in [0.3, 0.4) is 0 Å². The van der Waals surface area contributed by atoms with Crippen molar-refractivity contribution in [2.24, 2.45) is 5.73 Å². The third-order valence-corrected chi connectivity index (χ3v) is 2.21. The summed E-state index contributed by atoms with van der Waals surface area (Å²) >= 11 is 0. The van der Waals surface area contributed by atoms with Crippen LogP contribution in [-0.2, 0) is 11.2 Å². The Hall–Kier alpha value is -2.06. The summed E-state index contributed by atoms with van der Waals surface area (Å²) in [5.74, 6) is -1.04. The molecule has 0 aliphatic heterocycles. The van der Waals surface area contributed by atoms with Gasteiger partial charge in [-0.25, -0.2) is 0 Å². The van der Waals surface area contributed by atoms with E-state index in [1.54, 1.807) is 30.5 Å². The van der Waals surface area contributed by atoms with E-state index in [0.717, 1.165) is 5.56 Å². The minimum atomic E-state index is -1.27. The van der Waals surface area contributed by atoms with E-state index in [4.69, 9.17) is 16.1 Å². The van der Waals surface area contributed by atoms with Gasteiger partial charge >= 0.3 is 5.97 Å². The molecule has 1 atom stereocenters. The number of benzene rings is 1. The van der Waals surface area contributed by atoms with Gasteiger partial charge in [0.25, 0.3) is 0 Å². The van der Waals surface area contributed by atoms with Gasteiger partial charge in [0.15, 0.2) is 6.19 Å². The highest BCUT2D eigenvalue weighted by Crippen LogP contribution is 2.14. The number of rotatable bonds is 4. The van der Waals surface area contributed by atoms with E-state index < -0.39 is 11.5 Å². The van der Waals surface area contributed by atoms with Gasteiger partial charge in [-0.1, -0.05) is 12.1 Å². The number of anilines is 1. The molecule has 0 heterocycles. The summed E-state index contributed by atoms with van der Waals surface area (Å²) in [6.45, 7) is 1.47. The molecule has 0 aliphatic carbocycles. The largest absolute Gasteiger partial charge is 0.480 e. The highest BCUT2D eigenvalue weighted by molar-refractivity contribution is 5.78. The highest BCUT2D eigenvalue weighted by Gasteiger charge is 2.27. The molecule has 0 saturated carbocycles. The van der Waals surface area contributed by atoms with E-state index in [9.17, 15) is 4.79 Å². The van der Waals surface area contributed by atoms with Crippen LogP contribution in [0.5, 0.6) is 0 Å². The van der Waals surface area contributed by atoms with Crippen molar-refractivity contribution in [2.75, 3.05) is 5.32 Å². The monoisotopic (exact) mass is 219 g/mol. The maximum Gasteiger partial charge on any atom is 0.323 e. The quantitative estimate of drug-likeness (QED) is 0.516. The Bertz CT molecular complexity index is 418. The van der Waals surface area contributed by atoms with E-state index in [2.05, 4.69) is 5.32 Å². The lowest BCUT2D eigenvalue weighted by Crippen LogP contribution is -2.46. The number of carboxylic acids is 1. The number of nitriles is 1. The average molecular weight is 219 g/mol. The van der Waals surface area contributed by atoms with Gasteiger partial charge in [0, 0.05) is 12.1 Å². The lowest BCUT2D eigenvalue weighted by Gasteiger charge is -2.18. The second-order valence-corrected chi connectivity index (χ2v) is 3.83.